The molecule has 0 saturated carbocycles. The molecule has 26 heavy (non-hydrogen) atoms. The standard InChI is InChI=1S/C21H14O5/c22-16-10-9-12-5-1-3-7-14(12)18(16)19-15-8-4-2-6-13(15)11-17(20(19)23)26-21(24)25/h1-11,22-23H,(H,24,25). The number of phenols is 2. The molecule has 5 nitrogen and oxygen atoms in total. The molecule has 0 atom stereocenters. The zero-order chi connectivity index (χ0) is 18.3. The highest BCUT2D eigenvalue weighted by Crippen LogP contribution is 2.48. The van der Waals surface area contributed by atoms with Crippen molar-refractivity contribution in [2.24, 2.45) is 0 Å². The van der Waals surface area contributed by atoms with E-state index in [1.807, 2.05) is 30.3 Å². The summed E-state index contributed by atoms with van der Waals surface area (Å²) in [5.41, 5.74) is 0.751. The molecule has 0 amide bonds. The number of phenolic OH excluding ortho intramolecular Hbond substituents is 2. The number of ether oxygens (including phenoxy) is 1. The average Bonchev–Trinajstić information content (AvgIpc) is 2.63. The Balaban J connectivity index is 2.17. The number of rotatable bonds is 2. The normalized spacial score (nSPS) is 10.9. The van der Waals surface area contributed by atoms with E-state index in [2.05, 4.69) is 0 Å². The van der Waals surface area contributed by atoms with E-state index in [9.17, 15) is 15.0 Å². The predicted molar refractivity (Wildman–Crippen MR) is 98.9 cm³/mol. The van der Waals surface area contributed by atoms with Gasteiger partial charge in [-0.05, 0) is 33.7 Å². The Hall–Kier alpha value is -3.73. The second kappa shape index (κ2) is 5.97. The Kier molecular flexibility index (Phi) is 3.62. The monoisotopic (exact) mass is 346 g/mol. The predicted octanol–water partition coefficient (Wildman–Crippen LogP) is 5.13. The van der Waals surface area contributed by atoms with Crippen molar-refractivity contribution in [3.05, 3.63) is 66.7 Å². The van der Waals surface area contributed by atoms with Crippen LogP contribution >= 0.6 is 0 Å². The first-order valence-corrected chi connectivity index (χ1v) is 7.93. The minimum Gasteiger partial charge on any atom is -0.507 e. The first-order valence-electron chi connectivity index (χ1n) is 7.93. The maximum atomic E-state index is 11.0. The van der Waals surface area contributed by atoms with E-state index in [1.54, 1.807) is 30.3 Å². The lowest BCUT2D eigenvalue weighted by Gasteiger charge is -2.16. The molecule has 0 unspecified atom stereocenters. The van der Waals surface area contributed by atoms with Crippen molar-refractivity contribution in [2.45, 2.75) is 0 Å². The molecule has 3 N–H and O–H groups in total. The van der Waals surface area contributed by atoms with Gasteiger partial charge >= 0.3 is 6.16 Å². The van der Waals surface area contributed by atoms with Gasteiger partial charge in [-0.2, -0.15) is 0 Å². The second-order valence-corrected chi connectivity index (χ2v) is 5.87. The van der Waals surface area contributed by atoms with Crippen LogP contribution < -0.4 is 4.74 Å². The van der Waals surface area contributed by atoms with Crippen molar-refractivity contribution >= 4 is 27.7 Å². The third-order valence-corrected chi connectivity index (χ3v) is 4.34. The molecular weight excluding hydrogens is 332 g/mol. The summed E-state index contributed by atoms with van der Waals surface area (Å²) in [4.78, 5) is 11.0. The number of fused-ring (bicyclic) bond motifs is 2. The van der Waals surface area contributed by atoms with Crippen LogP contribution in [0.3, 0.4) is 0 Å². The van der Waals surface area contributed by atoms with E-state index in [1.165, 1.54) is 6.07 Å². The van der Waals surface area contributed by atoms with E-state index in [-0.39, 0.29) is 17.2 Å². The SMILES string of the molecule is O=C(O)Oc1cc2ccccc2c(-c2c(O)ccc3ccccc23)c1O. The summed E-state index contributed by atoms with van der Waals surface area (Å²) >= 11 is 0. The molecule has 0 aromatic heterocycles. The molecule has 0 saturated heterocycles. The number of carbonyl (C=O) groups is 1. The molecular formula is C21H14O5. The van der Waals surface area contributed by atoms with Crippen LogP contribution in [0.15, 0.2) is 66.7 Å². The lowest BCUT2D eigenvalue weighted by atomic mass is 9.92. The van der Waals surface area contributed by atoms with Gasteiger partial charge in [0.05, 0.1) is 0 Å². The summed E-state index contributed by atoms with van der Waals surface area (Å²) in [6, 6.07) is 19.4. The lowest BCUT2D eigenvalue weighted by Crippen LogP contribution is -2.03. The Labute approximate surface area is 148 Å². The van der Waals surface area contributed by atoms with E-state index in [0.29, 0.717) is 21.9 Å². The summed E-state index contributed by atoms with van der Waals surface area (Å²) in [6.45, 7) is 0. The smallest absolute Gasteiger partial charge is 0.507 e. The fourth-order valence-electron chi connectivity index (χ4n) is 3.26. The highest BCUT2D eigenvalue weighted by Gasteiger charge is 2.21. The van der Waals surface area contributed by atoms with Gasteiger partial charge < -0.3 is 20.1 Å². The first-order chi connectivity index (χ1) is 12.6. The van der Waals surface area contributed by atoms with Crippen LogP contribution in [0.4, 0.5) is 4.79 Å². The molecule has 0 heterocycles. The molecule has 0 fully saturated rings. The van der Waals surface area contributed by atoms with Gasteiger partial charge in [0.1, 0.15) is 5.75 Å². The zero-order valence-corrected chi connectivity index (χ0v) is 13.5. The maximum Gasteiger partial charge on any atom is 0.511 e. The molecule has 5 heteroatoms. The molecule has 4 rings (SSSR count). The van der Waals surface area contributed by atoms with Crippen LogP contribution in [-0.2, 0) is 0 Å². The van der Waals surface area contributed by atoms with Crippen molar-refractivity contribution in [1.82, 2.24) is 0 Å². The minimum atomic E-state index is -1.52. The van der Waals surface area contributed by atoms with Crippen LogP contribution in [-0.4, -0.2) is 21.5 Å². The van der Waals surface area contributed by atoms with Crippen molar-refractivity contribution in [3.63, 3.8) is 0 Å². The van der Waals surface area contributed by atoms with Crippen molar-refractivity contribution in [1.29, 1.82) is 0 Å². The van der Waals surface area contributed by atoms with Gasteiger partial charge in [0.15, 0.2) is 11.5 Å². The van der Waals surface area contributed by atoms with Gasteiger partial charge in [-0.15, -0.1) is 0 Å². The van der Waals surface area contributed by atoms with Crippen LogP contribution in [0.5, 0.6) is 17.2 Å². The van der Waals surface area contributed by atoms with E-state index in [4.69, 9.17) is 9.84 Å². The number of aromatic hydroxyl groups is 2. The van der Waals surface area contributed by atoms with Crippen LogP contribution in [0, 0.1) is 0 Å². The van der Waals surface area contributed by atoms with Crippen LogP contribution in [0.2, 0.25) is 0 Å². The largest absolute Gasteiger partial charge is 0.511 e. The van der Waals surface area contributed by atoms with E-state index >= 15 is 0 Å². The van der Waals surface area contributed by atoms with E-state index in [0.717, 1.165) is 10.8 Å². The summed E-state index contributed by atoms with van der Waals surface area (Å²) in [7, 11) is 0. The van der Waals surface area contributed by atoms with Crippen LogP contribution in [0.1, 0.15) is 0 Å². The summed E-state index contributed by atoms with van der Waals surface area (Å²) < 4.78 is 4.75. The van der Waals surface area contributed by atoms with Crippen LogP contribution in [0.25, 0.3) is 32.7 Å². The summed E-state index contributed by atoms with van der Waals surface area (Å²) in [5, 5.41) is 33.3. The third kappa shape index (κ3) is 2.46. The number of hydrogen-bond donors (Lipinski definition) is 3. The Morgan fingerprint density at radius 3 is 2.08 bits per heavy atom. The second-order valence-electron chi connectivity index (χ2n) is 5.87. The first kappa shape index (κ1) is 15.8. The van der Waals surface area contributed by atoms with Gasteiger partial charge in [0.2, 0.25) is 0 Å². The number of benzene rings is 4. The fraction of sp³-hybridized carbons (Fsp3) is 0. The molecule has 0 aliphatic carbocycles. The molecule has 4 aromatic carbocycles. The molecule has 0 aliphatic rings. The minimum absolute atomic E-state index is 0.0170. The number of carboxylic acid groups (broad SMARTS) is 1. The lowest BCUT2D eigenvalue weighted by molar-refractivity contribution is 0.143. The zero-order valence-electron chi connectivity index (χ0n) is 13.5. The van der Waals surface area contributed by atoms with Crippen molar-refractivity contribution in [3.8, 4) is 28.4 Å². The highest BCUT2D eigenvalue weighted by molar-refractivity contribution is 6.10. The quantitative estimate of drug-likeness (QED) is 0.346. The topological polar surface area (TPSA) is 87.0 Å². The summed E-state index contributed by atoms with van der Waals surface area (Å²) in [6.07, 6.45) is -1.52. The van der Waals surface area contributed by atoms with Crippen molar-refractivity contribution < 1.29 is 24.9 Å². The molecule has 0 bridgehead atoms. The third-order valence-electron chi connectivity index (χ3n) is 4.34. The highest BCUT2D eigenvalue weighted by atomic mass is 16.7. The number of hydrogen-bond acceptors (Lipinski definition) is 4. The Morgan fingerprint density at radius 1 is 0.769 bits per heavy atom. The van der Waals surface area contributed by atoms with Gasteiger partial charge in [0, 0.05) is 11.1 Å². The van der Waals surface area contributed by atoms with E-state index < -0.39 is 6.16 Å². The Bertz CT molecular complexity index is 1160. The van der Waals surface area contributed by atoms with Crippen molar-refractivity contribution in [2.75, 3.05) is 0 Å². The van der Waals surface area contributed by atoms with Gasteiger partial charge in [0.25, 0.3) is 0 Å². The molecule has 128 valence electrons. The fourth-order valence-corrected chi connectivity index (χ4v) is 3.26. The van der Waals surface area contributed by atoms with Gasteiger partial charge in [-0.1, -0.05) is 54.6 Å². The molecule has 4 aromatic rings. The maximum absolute atomic E-state index is 11.0. The van der Waals surface area contributed by atoms with Gasteiger partial charge in [-0.3, -0.25) is 0 Å². The average molecular weight is 346 g/mol. The summed E-state index contributed by atoms with van der Waals surface area (Å²) in [5.74, 6) is -0.534. The molecule has 0 spiro atoms. The molecule has 0 radical (unpaired) electrons. The molecule has 0 aliphatic heterocycles. The Morgan fingerprint density at radius 2 is 1.38 bits per heavy atom. The van der Waals surface area contributed by atoms with Gasteiger partial charge in [-0.25, -0.2) is 4.79 Å².